The van der Waals surface area contributed by atoms with Crippen LogP contribution in [0.4, 0.5) is 8.78 Å². The van der Waals surface area contributed by atoms with Gasteiger partial charge in [-0.05, 0) is 51.2 Å². The van der Waals surface area contributed by atoms with Gasteiger partial charge in [-0.2, -0.15) is 0 Å². The molecule has 1 unspecified atom stereocenters. The van der Waals surface area contributed by atoms with E-state index >= 15 is 0 Å². The summed E-state index contributed by atoms with van der Waals surface area (Å²) in [6.45, 7) is 6.58. The van der Waals surface area contributed by atoms with Crippen molar-refractivity contribution in [1.82, 2.24) is 0 Å². The first-order valence-corrected chi connectivity index (χ1v) is 10.9. The Bertz CT molecular complexity index is 531. The van der Waals surface area contributed by atoms with Crippen molar-refractivity contribution >= 4 is 0 Å². The predicted octanol–water partition coefficient (Wildman–Crippen LogP) is 6.37. The average molecular weight is 401 g/mol. The van der Waals surface area contributed by atoms with Crippen LogP contribution in [0.3, 0.4) is 0 Å². The van der Waals surface area contributed by atoms with E-state index in [1.54, 1.807) is 0 Å². The van der Waals surface area contributed by atoms with Crippen LogP contribution in [0.25, 0.3) is 0 Å². The summed E-state index contributed by atoms with van der Waals surface area (Å²) in [4.78, 5) is 0. The predicted molar refractivity (Wildman–Crippen MR) is 109 cm³/mol. The SMILES string of the molecule is CCCCCCCCC(CCCc1ccc(F)cc1F)C(O)(OCC)OCC. The second kappa shape index (κ2) is 14.0. The molecule has 0 saturated carbocycles. The molecule has 1 aromatic rings. The molecule has 1 aromatic carbocycles. The minimum absolute atomic E-state index is 0.179. The van der Waals surface area contributed by atoms with Crippen LogP contribution in [0.2, 0.25) is 0 Å². The van der Waals surface area contributed by atoms with E-state index in [0.717, 1.165) is 25.3 Å². The normalized spacial score (nSPS) is 13.1. The monoisotopic (exact) mass is 400 g/mol. The van der Waals surface area contributed by atoms with Crippen LogP contribution in [-0.4, -0.2) is 24.3 Å². The van der Waals surface area contributed by atoms with Crippen molar-refractivity contribution in [3.05, 3.63) is 35.4 Å². The molecule has 0 aliphatic carbocycles. The minimum atomic E-state index is -1.60. The molecular formula is C23H38F2O3. The Hall–Kier alpha value is -1.04. The third-order valence-corrected chi connectivity index (χ3v) is 5.14. The van der Waals surface area contributed by atoms with Gasteiger partial charge in [0.05, 0.1) is 0 Å². The van der Waals surface area contributed by atoms with Crippen LogP contribution >= 0.6 is 0 Å². The van der Waals surface area contributed by atoms with Gasteiger partial charge in [0.25, 0.3) is 5.97 Å². The second-order valence-electron chi connectivity index (χ2n) is 7.38. The standard InChI is InChI=1S/C23H38F2O3/c1-4-7-8-9-10-11-14-20(23(26,27-5-2)28-6-3)15-12-13-19-16-17-21(24)18-22(19)25/h16-18,20,26H,4-15H2,1-3H3. The summed E-state index contributed by atoms with van der Waals surface area (Å²) in [5.74, 6) is -2.86. The largest absolute Gasteiger partial charge is 0.343 e. The number of rotatable bonds is 16. The Morgan fingerprint density at radius 3 is 2.11 bits per heavy atom. The summed E-state index contributed by atoms with van der Waals surface area (Å²) < 4.78 is 38.1. The Kier molecular flexibility index (Phi) is 12.5. The highest BCUT2D eigenvalue weighted by atomic mass is 19.1. The molecule has 0 amide bonds. The van der Waals surface area contributed by atoms with Gasteiger partial charge in [-0.25, -0.2) is 8.78 Å². The van der Waals surface area contributed by atoms with Gasteiger partial charge in [0, 0.05) is 25.2 Å². The molecule has 0 saturated heterocycles. The topological polar surface area (TPSA) is 38.7 Å². The van der Waals surface area contributed by atoms with Gasteiger partial charge >= 0.3 is 0 Å². The zero-order valence-corrected chi connectivity index (χ0v) is 17.8. The fourth-order valence-electron chi connectivity index (χ4n) is 3.63. The van der Waals surface area contributed by atoms with Crippen LogP contribution in [0.1, 0.15) is 84.1 Å². The van der Waals surface area contributed by atoms with Crippen LogP contribution in [0, 0.1) is 17.6 Å². The lowest BCUT2D eigenvalue weighted by Crippen LogP contribution is -2.44. The average Bonchev–Trinajstić information content (AvgIpc) is 2.65. The molecule has 3 nitrogen and oxygen atoms in total. The molecule has 0 spiro atoms. The third kappa shape index (κ3) is 8.97. The Morgan fingerprint density at radius 1 is 0.893 bits per heavy atom. The molecule has 1 atom stereocenters. The van der Waals surface area contributed by atoms with Gasteiger partial charge in [0.15, 0.2) is 0 Å². The van der Waals surface area contributed by atoms with Crippen LogP contribution in [0.5, 0.6) is 0 Å². The molecule has 0 bridgehead atoms. The zero-order valence-electron chi connectivity index (χ0n) is 17.8. The van der Waals surface area contributed by atoms with Crippen molar-refractivity contribution in [2.24, 2.45) is 5.92 Å². The Labute approximate surface area is 169 Å². The van der Waals surface area contributed by atoms with E-state index in [2.05, 4.69) is 6.92 Å². The summed E-state index contributed by atoms with van der Waals surface area (Å²) in [6, 6.07) is 3.69. The molecule has 0 aliphatic heterocycles. The number of halogens is 2. The molecule has 0 aliphatic rings. The van der Waals surface area contributed by atoms with E-state index in [9.17, 15) is 13.9 Å². The molecule has 0 fully saturated rings. The fourth-order valence-corrected chi connectivity index (χ4v) is 3.63. The van der Waals surface area contributed by atoms with Crippen molar-refractivity contribution in [1.29, 1.82) is 0 Å². The maximum atomic E-state index is 13.9. The van der Waals surface area contributed by atoms with Crippen molar-refractivity contribution in [3.8, 4) is 0 Å². The molecule has 28 heavy (non-hydrogen) atoms. The molecule has 0 aromatic heterocycles. The van der Waals surface area contributed by atoms with Crippen LogP contribution in [0.15, 0.2) is 18.2 Å². The lowest BCUT2D eigenvalue weighted by Gasteiger charge is -2.35. The van der Waals surface area contributed by atoms with E-state index in [0.29, 0.717) is 38.0 Å². The maximum Gasteiger partial charge on any atom is 0.283 e. The maximum absolute atomic E-state index is 13.9. The summed E-state index contributed by atoms with van der Waals surface area (Å²) in [5, 5.41) is 10.9. The van der Waals surface area contributed by atoms with E-state index in [1.165, 1.54) is 37.8 Å². The summed E-state index contributed by atoms with van der Waals surface area (Å²) in [5.41, 5.74) is 0.496. The van der Waals surface area contributed by atoms with Gasteiger partial charge in [-0.3, -0.25) is 0 Å². The van der Waals surface area contributed by atoms with Gasteiger partial charge < -0.3 is 14.6 Å². The second-order valence-corrected chi connectivity index (χ2v) is 7.38. The number of aryl methyl sites for hydroxylation is 1. The van der Waals surface area contributed by atoms with Gasteiger partial charge in [-0.15, -0.1) is 0 Å². The first-order chi connectivity index (χ1) is 13.5. The quantitative estimate of drug-likeness (QED) is 0.259. The van der Waals surface area contributed by atoms with E-state index in [1.807, 2.05) is 13.8 Å². The number of aliphatic hydroxyl groups is 1. The fraction of sp³-hybridized carbons (Fsp3) is 0.739. The highest BCUT2D eigenvalue weighted by molar-refractivity contribution is 5.18. The first-order valence-electron chi connectivity index (χ1n) is 10.9. The third-order valence-electron chi connectivity index (χ3n) is 5.14. The van der Waals surface area contributed by atoms with E-state index < -0.39 is 17.6 Å². The molecule has 0 heterocycles. The molecule has 5 heteroatoms. The van der Waals surface area contributed by atoms with Crippen LogP contribution < -0.4 is 0 Å². The van der Waals surface area contributed by atoms with Crippen LogP contribution in [-0.2, 0) is 15.9 Å². The Morgan fingerprint density at radius 2 is 1.50 bits per heavy atom. The van der Waals surface area contributed by atoms with E-state index in [-0.39, 0.29) is 5.92 Å². The molecular weight excluding hydrogens is 362 g/mol. The van der Waals surface area contributed by atoms with Crippen molar-refractivity contribution < 1.29 is 23.4 Å². The lowest BCUT2D eigenvalue weighted by molar-refractivity contribution is -0.385. The van der Waals surface area contributed by atoms with Crippen molar-refractivity contribution in [2.45, 2.75) is 91.0 Å². The zero-order chi connectivity index (χ0) is 20.8. The summed E-state index contributed by atoms with van der Waals surface area (Å²) in [6.07, 6.45) is 9.66. The van der Waals surface area contributed by atoms with Gasteiger partial charge in [0.1, 0.15) is 11.6 Å². The summed E-state index contributed by atoms with van der Waals surface area (Å²) in [7, 11) is 0. The highest BCUT2D eigenvalue weighted by Crippen LogP contribution is 2.31. The molecule has 1 N–H and O–H groups in total. The number of unbranched alkanes of at least 4 members (excludes halogenated alkanes) is 5. The Balaban J connectivity index is 2.64. The number of benzene rings is 1. The molecule has 162 valence electrons. The number of hydrogen-bond donors (Lipinski definition) is 1. The van der Waals surface area contributed by atoms with Crippen molar-refractivity contribution in [2.75, 3.05) is 13.2 Å². The summed E-state index contributed by atoms with van der Waals surface area (Å²) >= 11 is 0. The first kappa shape index (κ1) is 25.0. The number of ether oxygens (including phenoxy) is 2. The van der Waals surface area contributed by atoms with Crippen molar-refractivity contribution in [3.63, 3.8) is 0 Å². The molecule has 1 rings (SSSR count). The molecule has 0 radical (unpaired) electrons. The minimum Gasteiger partial charge on any atom is -0.343 e. The highest BCUT2D eigenvalue weighted by Gasteiger charge is 2.38. The smallest absolute Gasteiger partial charge is 0.283 e. The van der Waals surface area contributed by atoms with Gasteiger partial charge in [0.2, 0.25) is 0 Å². The van der Waals surface area contributed by atoms with Gasteiger partial charge in [-0.1, -0.05) is 51.5 Å². The number of hydrogen-bond acceptors (Lipinski definition) is 3. The lowest BCUT2D eigenvalue weighted by atomic mass is 9.91. The van der Waals surface area contributed by atoms with E-state index in [4.69, 9.17) is 9.47 Å².